The van der Waals surface area contributed by atoms with Crippen LogP contribution in [0.4, 0.5) is 11.4 Å². The van der Waals surface area contributed by atoms with E-state index in [0.29, 0.717) is 11.8 Å². The lowest BCUT2D eigenvalue weighted by molar-refractivity contribution is -0.394. The molecule has 0 aliphatic carbocycles. The highest BCUT2D eigenvalue weighted by atomic mass is 16.6. The first-order chi connectivity index (χ1) is 12.3. The monoisotopic (exact) mass is 359 g/mol. The molecule has 1 N–H and O–H groups in total. The number of phenolic OH excluding ortho intramolecular Hbond substituents is 1. The van der Waals surface area contributed by atoms with Crippen molar-refractivity contribution in [3.8, 4) is 5.75 Å². The van der Waals surface area contributed by atoms with Gasteiger partial charge in [-0.3, -0.25) is 30.0 Å². The number of carbonyl (C=O) groups is 1. The second-order valence-corrected chi connectivity index (χ2v) is 5.10. The number of nitro benzene ring substituents is 2. The molecule has 1 aromatic heterocycles. The number of furan rings is 1. The SMILES string of the molecule is Cc1ccc(/C=C/C=NCC(=O)c2cc([N+](=O)[O-])cc([N+](=O)[O-])c2O)o1. The molecule has 0 radical (unpaired) electrons. The molecule has 0 saturated heterocycles. The van der Waals surface area contributed by atoms with Crippen molar-refractivity contribution in [3.63, 3.8) is 0 Å². The molecule has 0 aliphatic rings. The quantitative estimate of drug-likeness (QED) is 0.345. The maximum Gasteiger partial charge on any atom is 0.318 e. The van der Waals surface area contributed by atoms with Crippen molar-refractivity contribution >= 4 is 29.4 Å². The van der Waals surface area contributed by atoms with Crippen LogP contribution in [-0.4, -0.2) is 33.5 Å². The second kappa shape index (κ2) is 7.83. The van der Waals surface area contributed by atoms with Gasteiger partial charge in [0.15, 0.2) is 5.78 Å². The van der Waals surface area contributed by atoms with Crippen molar-refractivity contribution in [2.75, 3.05) is 6.54 Å². The Hall–Kier alpha value is -3.82. The van der Waals surface area contributed by atoms with Crippen LogP contribution in [0.25, 0.3) is 6.08 Å². The third kappa shape index (κ3) is 4.38. The summed E-state index contributed by atoms with van der Waals surface area (Å²) in [5, 5.41) is 31.5. The van der Waals surface area contributed by atoms with Crippen LogP contribution >= 0.6 is 0 Å². The van der Waals surface area contributed by atoms with E-state index in [9.17, 15) is 30.1 Å². The van der Waals surface area contributed by atoms with Crippen LogP contribution in [-0.2, 0) is 0 Å². The molecular formula is C16H13N3O7. The van der Waals surface area contributed by atoms with Gasteiger partial charge < -0.3 is 9.52 Å². The number of nitro groups is 2. The Bertz CT molecular complexity index is 928. The zero-order chi connectivity index (χ0) is 19.3. The number of aliphatic imine (C=N–C) groups is 1. The van der Waals surface area contributed by atoms with E-state index in [1.807, 2.05) is 0 Å². The molecule has 26 heavy (non-hydrogen) atoms. The van der Waals surface area contributed by atoms with Crippen LogP contribution in [0.15, 0.2) is 39.8 Å². The third-order valence-corrected chi connectivity index (χ3v) is 3.23. The van der Waals surface area contributed by atoms with Gasteiger partial charge >= 0.3 is 5.69 Å². The van der Waals surface area contributed by atoms with Gasteiger partial charge in [-0.25, -0.2) is 0 Å². The van der Waals surface area contributed by atoms with Crippen molar-refractivity contribution < 1.29 is 24.2 Å². The topological polar surface area (TPSA) is 149 Å². The summed E-state index contributed by atoms with van der Waals surface area (Å²) in [6.45, 7) is 1.34. The maximum atomic E-state index is 12.1. The van der Waals surface area contributed by atoms with Gasteiger partial charge in [-0.2, -0.15) is 0 Å². The molecule has 2 rings (SSSR count). The summed E-state index contributed by atoms with van der Waals surface area (Å²) in [5.74, 6) is -0.401. The number of nitrogens with zero attached hydrogens (tertiary/aromatic N) is 3. The van der Waals surface area contributed by atoms with E-state index < -0.39 is 44.9 Å². The van der Waals surface area contributed by atoms with Gasteiger partial charge in [0.05, 0.1) is 21.5 Å². The molecule has 0 spiro atoms. The Labute approximate surface area is 146 Å². The molecule has 0 saturated carbocycles. The van der Waals surface area contributed by atoms with Crippen molar-refractivity contribution in [2.45, 2.75) is 6.92 Å². The van der Waals surface area contributed by atoms with Gasteiger partial charge in [0.1, 0.15) is 18.1 Å². The number of carbonyl (C=O) groups excluding carboxylic acids is 1. The average Bonchev–Trinajstić information content (AvgIpc) is 2.99. The normalized spacial score (nSPS) is 11.3. The maximum absolute atomic E-state index is 12.1. The number of rotatable bonds is 7. The van der Waals surface area contributed by atoms with Crippen LogP contribution in [0.5, 0.6) is 5.75 Å². The number of benzene rings is 1. The fourth-order valence-corrected chi connectivity index (χ4v) is 2.02. The Morgan fingerprint density at radius 3 is 2.58 bits per heavy atom. The number of aryl methyl sites for hydroxylation is 1. The Balaban J connectivity index is 2.15. The molecular weight excluding hydrogens is 346 g/mol. The van der Waals surface area contributed by atoms with Crippen molar-refractivity contribution in [1.29, 1.82) is 0 Å². The molecule has 0 aliphatic heterocycles. The lowest BCUT2D eigenvalue weighted by Gasteiger charge is -2.03. The van der Waals surface area contributed by atoms with Crippen LogP contribution in [0.2, 0.25) is 0 Å². The summed E-state index contributed by atoms with van der Waals surface area (Å²) >= 11 is 0. The van der Waals surface area contributed by atoms with E-state index in [2.05, 4.69) is 4.99 Å². The van der Waals surface area contributed by atoms with Crippen molar-refractivity contribution in [3.05, 3.63) is 67.7 Å². The number of hydrogen-bond donors (Lipinski definition) is 1. The minimum absolute atomic E-state index is 0.451. The molecule has 1 heterocycles. The van der Waals surface area contributed by atoms with Crippen LogP contribution < -0.4 is 0 Å². The smallest absolute Gasteiger partial charge is 0.318 e. The number of hydrogen-bond acceptors (Lipinski definition) is 8. The standard InChI is InChI=1S/C16H13N3O7/c1-10-4-5-12(26-10)3-2-6-17-9-15(20)13-7-11(18(22)23)8-14(16(13)21)19(24)25/h2-8,21H,9H2,1H3/b3-2+,17-6?. The number of Topliss-reactive ketones (excluding diaryl/α,β-unsaturated/α-hetero) is 1. The van der Waals surface area contributed by atoms with E-state index in [-0.39, 0.29) is 0 Å². The minimum atomic E-state index is -1.00. The van der Waals surface area contributed by atoms with E-state index in [1.54, 1.807) is 25.1 Å². The largest absolute Gasteiger partial charge is 0.502 e. The van der Waals surface area contributed by atoms with Gasteiger partial charge in [0, 0.05) is 12.3 Å². The first-order valence-electron chi connectivity index (χ1n) is 7.21. The molecule has 134 valence electrons. The van der Waals surface area contributed by atoms with E-state index in [1.165, 1.54) is 12.3 Å². The molecule has 0 unspecified atom stereocenters. The molecule has 1 aromatic carbocycles. The predicted octanol–water partition coefficient (Wildman–Crippen LogP) is 3.08. The number of ketones is 1. The number of aromatic hydroxyl groups is 1. The zero-order valence-electron chi connectivity index (χ0n) is 13.5. The van der Waals surface area contributed by atoms with E-state index in [0.717, 1.165) is 11.8 Å². The highest BCUT2D eigenvalue weighted by Gasteiger charge is 2.26. The highest BCUT2D eigenvalue weighted by Crippen LogP contribution is 2.34. The Morgan fingerprint density at radius 1 is 1.27 bits per heavy atom. The average molecular weight is 359 g/mol. The first kappa shape index (κ1) is 18.5. The second-order valence-electron chi connectivity index (χ2n) is 5.10. The summed E-state index contributed by atoms with van der Waals surface area (Å²) in [6.07, 6.45) is 4.43. The third-order valence-electron chi connectivity index (χ3n) is 3.23. The van der Waals surface area contributed by atoms with Crippen molar-refractivity contribution in [2.24, 2.45) is 4.99 Å². The molecule has 2 aromatic rings. The molecule has 10 heteroatoms. The summed E-state index contributed by atoms with van der Waals surface area (Å²) < 4.78 is 5.29. The Morgan fingerprint density at radius 2 is 2.00 bits per heavy atom. The van der Waals surface area contributed by atoms with E-state index >= 15 is 0 Å². The highest BCUT2D eigenvalue weighted by molar-refractivity contribution is 6.02. The molecule has 0 amide bonds. The molecule has 0 fully saturated rings. The fraction of sp³-hybridized carbons (Fsp3) is 0.125. The number of phenols is 1. The zero-order valence-corrected chi connectivity index (χ0v) is 13.5. The lowest BCUT2D eigenvalue weighted by Crippen LogP contribution is -2.06. The van der Waals surface area contributed by atoms with Gasteiger partial charge in [0.25, 0.3) is 5.69 Å². The molecule has 10 nitrogen and oxygen atoms in total. The summed E-state index contributed by atoms with van der Waals surface area (Å²) in [6, 6.07) is 4.88. The Kier molecular flexibility index (Phi) is 5.58. The fourth-order valence-electron chi connectivity index (χ4n) is 2.02. The van der Waals surface area contributed by atoms with Gasteiger partial charge in [-0.15, -0.1) is 0 Å². The van der Waals surface area contributed by atoms with Gasteiger partial charge in [-0.1, -0.05) is 0 Å². The summed E-state index contributed by atoms with van der Waals surface area (Å²) in [7, 11) is 0. The minimum Gasteiger partial charge on any atom is -0.502 e. The van der Waals surface area contributed by atoms with E-state index in [4.69, 9.17) is 4.42 Å². The van der Waals surface area contributed by atoms with Crippen molar-refractivity contribution in [1.82, 2.24) is 0 Å². The predicted molar refractivity (Wildman–Crippen MR) is 91.6 cm³/mol. The number of allylic oxidation sites excluding steroid dienone is 1. The summed E-state index contributed by atoms with van der Waals surface area (Å²) in [5.41, 5.74) is -2.12. The van der Waals surface area contributed by atoms with Gasteiger partial charge in [-0.05, 0) is 31.2 Å². The van der Waals surface area contributed by atoms with Gasteiger partial charge in [0.2, 0.25) is 5.75 Å². The molecule has 0 bridgehead atoms. The van der Waals surface area contributed by atoms with Crippen LogP contribution in [0, 0.1) is 27.2 Å². The molecule has 0 atom stereocenters. The lowest BCUT2D eigenvalue weighted by atomic mass is 10.1. The number of non-ortho nitro benzene ring substituents is 1. The first-order valence-corrected chi connectivity index (χ1v) is 7.21. The summed E-state index contributed by atoms with van der Waals surface area (Å²) in [4.78, 5) is 35.7. The van der Waals surface area contributed by atoms with Crippen LogP contribution in [0.3, 0.4) is 0 Å². The van der Waals surface area contributed by atoms with Crippen LogP contribution in [0.1, 0.15) is 21.9 Å².